The Balaban J connectivity index is 1.86. The van der Waals surface area contributed by atoms with Gasteiger partial charge in [-0.1, -0.05) is 0 Å². The van der Waals surface area contributed by atoms with E-state index in [4.69, 9.17) is 9.15 Å². The van der Waals surface area contributed by atoms with Crippen molar-refractivity contribution in [3.8, 4) is 17.1 Å². The van der Waals surface area contributed by atoms with Crippen LogP contribution in [0.15, 0.2) is 33.9 Å². The van der Waals surface area contributed by atoms with Crippen LogP contribution in [0.25, 0.3) is 22.2 Å². The number of pyridine rings is 1. The number of rotatable bonds is 7. The van der Waals surface area contributed by atoms with Gasteiger partial charge in [-0.3, -0.25) is 9.52 Å². The second-order valence-electron chi connectivity index (χ2n) is 6.79. The highest BCUT2D eigenvalue weighted by molar-refractivity contribution is 7.92. The summed E-state index contributed by atoms with van der Waals surface area (Å²) in [6, 6.07) is 1.67. The molecule has 28 heavy (non-hydrogen) atoms. The third-order valence-electron chi connectivity index (χ3n) is 4.58. The number of hydrogen-bond acceptors (Lipinski definition) is 7. The topological polar surface area (TPSA) is 116 Å². The molecule has 9 nitrogen and oxygen atoms in total. The van der Waals surface area contributed by atoms with Crippen LogP contribution >= 0.6 is 0 Å². The number of hydrogen-bond donors (Lipinski definition) is 1. The first-order valence-electron chi connectivity index (χ1n) is 8.95. The number of ether oxygens (including phenoxy) is 1. The van der Waals surface area contributed by atoms with Crippen molar-refractivity contribution in [2.24, 2.45) is 13.0 Å². The Kier molecular flexibility index (Phi) is 4.58. The van der Waals surface area contributed by atoms with Crippen molar-refractivity contribution in [1.82, 2.24) is 14.5 Å². The van der Waals surface area contributed by atoms with Gasteiger partial charge in [-0.15, -0.1) is 0 Å². The summed E-state index contributed by atoms with van der Waals surface area (Å²) in [7, 11) is -1.91. The van der Waals surface area contributed by atoms with E-state index in [1.165, 1.54) is 24.0 Å². The van der Waals surface area contributed by atoms with Crippen LogP contribution in [0.3, 0.4) is 0 Å². The Morgan fingerprint density at radius 3 is 2.89 bits per heavy atom. The largest absolute Gasteiger partial charge is 0.476 e. The fourth-order valence-corrected chi connectivity index (χ4v) is 3.34. The summed E-state index contributed by atoms with van der Waals surface area (Å²) >= 11 is 0. The molecule has 1 aliphatic carbocycles. The van der Waals surface area contributed by atoms with Crippen molar-refractivity contribution in [3.05, 3.63) is 35.1 Å². The number of fused-ring (bicyclic) bond motifs is 1. The molecule has 4 rings (SSSR count). The van der Waals surface area contributed by atoms with E-state index in [-0.39, 0.29) is 28.6 Å². The summed E-state index contributed by atoms with van der Waals surface area (Å²) in [6.45, 7) is 2.05. The van der Waals surface area contributed by atoms with Crippen LogP contribution in [0.1, 0.15) is 19.8 Å². The van der Waals surface area contributed by atoms with Gasteiger partial charge < -0.3 is 13.7 Å². The van der Waals surface area contributed by atoms with Gasteiger partial charge in [0.2, 0.25) is 15.9 Å². The van der Waals surface area contributed by atoms with Crippen molar-refractivity contribution in [3.63, 3.8) is 0 Å². The van der Waals surface area contributed by atoms with E-state index in [9.17, 15) is 13.2 Å². The van der Waals surface area contributed by atoms with E-state index >= 15 is 0 Å². The predicted molar refractivity (Wildman–Crippen MR) is 104 cm³/mol. The van der Waals surface area contributed by atoms with E-state index in [0.29, 0.717) is 29.2 Å². The van der Waals surface area contributed by atoms with E-state index in [0.717, 1.165) is 12.8 Å². The third-order valence-corrected chi connectivity index (χ3v) is 5.86. The molecule has 0 bridgehead atoms. The predicted octanol–water partition coefficient (Wildman–Crippen LogP) is 2.14. The summed E-state index contributed by atoms with van der Waals surface area (Å²) in [5, 5.41) is 0.559. The maximum atomic E-state index is 12.3. The zero-order chi connectivity index (χ0) is 19.9. The number of nitrogens with one attached hydrogen (secondary N) is 1. The Labute approximate surface area is 161 Å². The lowest BCUT2D eigenvalue weighted by atomic mass is 10.1. The number of sulfonamides is 1. The first kappa shape index (κ1) is 18.5. The monoisotopic (exact) mass is 404 g/mol. The number of aromatic nitrogens is 3. The first-order chi connectivity index (χ1) is 13.4. The Morgan fingerprint density at radius 1 is 1.39 bits per heavy atom. The molecule has 3 aromatic heterocycles. The zero-order valence-electron chi connectivity index (χ0n) is 15.5. The van der Waals surface area contributed by atoms with Crippen LogP contribution in [0.2, 0.25) is 0 Å². The minimum Gasteiger partial charge on any atom is -0.476 e. The summed E-state index contributed by atoms with van der Waals surface area (Å²) in [5.41, 5.74) is 0.829. The quantitative estimate of drug-likeness (QED) is 0.641. The van der Waals surface area contributed by atoms with E-state index < -0.39 is 10.0 Å². The third kappa shape index (κ3) is 3.59. The average Bonchev–Trinajstić information content (AvgIpc) is 3.37. The molecule has 148 valence electrons. The van der Waals surface area contributed by atoms with Gasteiger partial charge in [0.1, 0.15) is 5.69 Å². The normalized spacial score (nSPS) is 14.4. The highest BCUT2D eigenvalue weighted by Gasteiger charge is 2.24. The summed E-state index contributed by atoms with van der Waals surface area (Å²) in [5.74, 6) is 0.783. The minimum atomic E-state index is -3.51. The SMILES string of the molecule is CCS(=O)(=O)Nc1cnc(OCC2CC2)c(-c2cn(C)c(=O)c3occc23)n1. The molecule has 0 spiro atoms. The molecule has 0 aliphatic heterocycles. The molecule has 1 saturated carbocycles. The van der Waals surface area contributed by atoms with Crippen molar-refractivity contribution >= 4 is 26.8 Å². The molecule has 0 unspecified atom stereocenters. The lowest BCUT2D eigenvalue weighted by Gasteiger charge is -2.13. The molecular weight excluding hydrogens is 384 g/mol. The van der Waals surface area contributed by atoms with Crippen LogP contribution in [0.4, 0.5) is 5.82 Å². The molecule has 0 saturated heterocycles. The lowest BCUT2D eigenvalue weighted by molar-refractivity contribution is 0.289. The van der Waals surface area contributed by atoms with Gasteiger partial charge in [-0.2, -0.15) is 0 Å². The molecule has 3 aromatic rings. The van der Waals surface area contributed by atoms with Gasteiger partial charge in [0, 0.05) is 24.2 Å². The van der Waals surface area contributed by atoms with Gasteiger partial charge in [-0.25, -0.2) is 18.4 Å². The maximum Gasteiger partial charge on any atom is 0.293 e. The smallest absolute Gasteiger partial charge is 0.293 e. The fourth-order valence-electron chi connectivity index (χ4n) is 2.78. The summed E-state index contributed by atoms with van der Waals surface area (Å²) in [4.78, 5) is 21.0. The Morgan fingerprint density at radius 2 is 2.18 bits per heavy atom. The summed E-state index contributed by atoms with van der Waals surface area (Å²) < 4.78 is 38.8. The number of aryl methyl sites for hydroxylation is 1. The minimum absolute atomic E-state index is 0.0844. The zero-order valence-corrected chi connectivity index (χ0v) is 16.3. The molecule has 0 amide bonds. The van der Waals surface area contributed by atoms with Crippen molar-refractivity contribution in [2.45, 2.75) is 19.8 Å². The highest BCUT2D eigenvalue weighted by atomic mass is 32.2. The summed E-state index contributed by atoms with van der Waals surface area (Å²) in [6.07, 6.45) is 6.60. The first-order valence-corrected chi connectivity index (χ1v) is 10.6. The van der Waals surface area contributed by atoms with Crippen molar-refractivity contribution in [1.29, 1.82) is 0 Å². The Hall–Kier alpha value is -2.88. The number of anilines is 1. The van der Waals surface area contributed by atoms with Crippen LogP contribution in [0, 0.1) is 5.92 Å². The number of nitrogens with zero attached hydrogens (tertiary/aromatic N) is 3. The second-order valence-corrected chi connectivity index (χ2v) is 8.80. The van der Waals surface area contributed by atoms with Crippen LogP contribution < -0.4 is 15.0 Å². The molecule has 10 heteroatoms. The van der Waals surface area contributed by atoms with E-state index in [1.54, 1.807) is 19.3 Å². The fraction of sp³-hybridized carbons (Fsp3) is 0.389. The molecule has 1 N–H and O–H groups in total. The standard InChI is InChI=1S/C18H20N4O5S/c1-3-28(24,25)21-14-8-19-17(27-10-11-4-5-11)15(20-14)13-9-22(2)18(23)16-12(13)6-7-26-16/h6-9,11H,3-5,10H2,1-2H3,(H,20,21). The van der Waals surface area contributed by atoms with E-state index in [1.807, 2.05) is 0 Å². The molecule has 1 fully saturated rings. The molecule has 3 heterocycles. The van der Waals surface area contributed by atoms with Crippen molar-refractivity contribution in [2.75, 3.05) is 17.1 Å². The average molecular weight is 404 g/mol. The molecule has 0 aromatic carbocycles. The molecule has 1 aliphatic rings. The van der Waals surface area contributed by atoms with Crippen molar-refractivity contribution < 1.29 is 17.6 Å². The van der Waals surface area contributed by atoms with Gasteiger partial charge in [-0.05, 0) is 31.7 Å². The molecule has 0 atom stereocenters. The molecular formula is C18H20N4O5S. The van der Waals surface area contributed by atoms with Gasteiger partial charge >= 0.3 is 0 Å². The Bertz CT molecular complexity index is 1190. The number of furan rings is 1. The van der Waals surface area contributed by atoms with Crippen LogP contribution in [-0.4, -0.2) is 35.3 Å². The highest BCUT2D eigenvalue weighted by Crippen LogP contribution is 2.35. The van der Waals surface area contributed by atoms with Gasteiger partial charge in [0.25, 0.3) is 5.56 Å². The van der Waals surface area contributed by atoms with Crippen LogP contribution in [0.5, 0.6) is 5.88 Å². The second kappa shape index (κ2) is 6.93. The maximum absolute atomic E-state index is 12.3. The molecule has 0 radical (unpaired) electrons. The van der Waals surface area contributed by atoms with Gasteiger partial charge in [0.05, 0.1) is 24.8 Å². The lowest BCUT2D eigenvalue weighted by Crippen LogP contribution is -2.17. The van der Waals surface area contributed by atoms with Gasteiger partial charge in [0.15, 0.2) is 11.4 Å². The van der Waals surface area contributed by atoms with E-state index in [2.05, 4.69) is 14.7 Å². The van der Waals surface area contributed by atoms with Crippen LogP contribution in [-0.2, 0) is 17.1 Å².